The lowest BCUT2D eigenvalue weighted by atomic mass is 9.95. The Labute approximate surface area is 152 Å². The Hall–Kier alpha value is -3.14. The molecule has 0 fully saturated rings. The third kappa shape index (κ3) is 2.73. The second-order valence-electron chi connectivity index (χ2n) is 6.42. The summed E-state index contributed by atoms with van der Waals surface area (Å²) in [4.78, 5) is 27.0. The van der Waals surface area contributed by atoms with Crippen molar-refractivity contribution in [1.29, 1.82) is 0 Å². The zero-order valence-corrected chi connectivity index (χ0v) is 14.6. The molecule has 130 valence electrons. The highest BCUT2D eigenvalue weighted by atomic mass is 16.5. The summed E-state index contributed by atoms with van der Waals surface area (Å²) in [5.74, 6) is -0.402. The number of carbonyl (C=O) groups is 2. The van der Waals surface area contributed by atoms with Crippen LogP contribution in [0.4, 0.5) is 5.69 Å². The van der Waals surface area contributed by atoms with Crippen LogP contribution in [-0.2, 0) is 11.2 Å². The maximum atomic E-state index is 13.2. The Morgan fingerprint density at radius 3 is 2.58 bits per heavy atom. The summed E-state index contributed by atoms with van der Waals surface area (Å²) < 4.78 is 4.89. The van der Waals surface area contributed by atoms with E-state index in [9.17, 15) is 9.59 Å². The van der Waals surface area contributed by atoms with Crippen LogP contribution in [0.3, 0.4) is 0 Å². The van der Waals surface area contributed by atoms with Crippen molar-refractivity contribution in [2.75, 3.05) is 18.6 Å². The van der Waals surface area contributed by atoms with Gasteiger partial charge >= 0.3 is 5.97 Å². The number of rotatable bonds is 2. The van der Waals surface area contributed by atoms with Crippen LogP contribution in [0, 0.1) is 0 Å². The molecular formula is C22H19NO3. The van der Waals surface area contributed by atoms with E-state index in [0.29, 0.717) is 17.7 Å². The number of nitrogens with zero attached hydrogens (tertiary/aromatic N) is 1. The fourth-order valence-electron chi connectivity index (χ4n) is 3.61. The van der Waals surface area contributed by atoms with Gasteiger partial charge in [-0.05, 0) is 53.4 Å². The number of hydrogen-bond donors (Lipinski definition) is 0. The molecule has 3 aromatic carbocycles. The number of carbonyl (C=O) groups excluding carboxylic acids is 2. The quantitative estimate of drug-likeness (QED) is 0.653. The lowest BCUT2D eigenvalue weighted by molar-refractivity contribution is 0.0599. The fourth-order valence-corrected chi connectivity index (χ4v) is 3.61. The van der Waals surface area contributed by atoms with Crippen molar-refractivity contribution in [2.24, 2.45) is 0 Å². The molecule has 1 aliphatic heterocycles. The first kappa shape index (κ1) is 16.3. The Kier molecular flexibility index (Phi) is 4.17. The minimum absolute atomic E-state index is 0.0429. The van der Waals surface area contributed by atoms with E-state index in [0.717, 1.165) is 34.9 Å². The summed E-state index contributed by atoms with van der Waals surface area (Å²) in [7, 11) is 1.38. The van der Waals surface area contributed by atoms with Crippen LogP contribution in [0.15, 0.2) is 60.7 Å². The second kappa shape index (κ2) is 6.64. The number of ether oxygens (including phenoxy) is 1. The van der Waals surface area contributed by atoms with Crippen molar-refractivity contribution in [3.05, 3.63) is 77.4 Å². The van der Waals surface area contributed by atoms with Crippen LogP contribution in [0.25, 0.3) is 10.8 Å². The first-order chi connectivity index (χ1) is 12.7. The maximum absolute atomic E-state index is 13.2. The van der Waals surface area contributed by atoms with Gasteiger partial charge in [-0.15, -0.1) is 0 Å². The summed E-state index contributed by atoms with van der Waals surface area (Å²) in [5.41, 5.74) is 2.89. The molecule has 0 bridgehead atoms. The molecule has 4 nitrogen and oxygen atoms in total. The zero-order valence-electron chi connectivity index (χ0n) is 14.6. The summed E-state index contributed by atoms with van der Waals surface area (Å²) in [6.07, 6.45) is 1.59. The van der Waals surface area contributed by atoms with Gasteiger partial charge < -0.3 is 9.64 Å². The molecule has 1 amide bonds. The molecule has 0 spiro atoms. The third-order valence-electron chi connectivity index (χ3n) is 4.90. The number of hydrogen-bond acceptors (Lipinski definition) is 3. The third-order valence-corrected chi connectivity index (χ3v) is 4.90. The van der Waals surface area contributed by atoms with E-state index in [1.54, 1.807) is 17.0 Å². The van der Waals surface area contributed by atoms with Crippen molar-refractivity contribution in [3.63, 3.8) is 0 Å². The minimum Gasteiger partial charge on any atom is -0.465 e. The summed E-state index contributed by atoms with van der Waals surface area (Å²) in [6.45, 7) is 0.642. The Morgan fingerprint density at radius 1 is 0.962 bits per heavy atom. The van der Waals surface area contributed by atoms with Gasteiger partial charge in [0.25, 0.3) is 5.91 Å². The van der Waals surface area contributed by atoms with Crippen molar-refractivity contribution in [1.82, 2.24) is 0 Å². The highest BCUT2D eigenvalue weighted by Crippen LogP contribution is 2.31. The predicted molar refractivity (Wildman–Crippen MR) is 102 cm³/mol. The normalized spacial score (nSPS) is 13.3. The summed E-state index contributed by atoms with van der Waals surface area (Å²) in [6, 6.07) is 19.2. The average molecular weight is 345 g/mol. The first-order valence-electron chi connectivity index (χ1n) is 8.70. The van der Waals surface area contributed by atoms with Crippen molar-refractivity contribution in [3.8, 4) is 0 Å². The van der Waals surface area contributed by atoms with Gasteiger partial charge in [0.1, 0.15) is 0 Å². The van der Waals surface area contributed by atoms with E-state index in [2.05, 4.69) is 0 Å². The van der Waals surface area contributed by atoms with Crippen molar-refractivity contribution >= 4 is 28.3 Å². The topological polar surface area (TPSA) is 46.6 Å². The van der Waals surface area contributed by atoms with E-state index in [1.165, 1.54) is 7.11 Å². The number of methoxy groups -OCH3 is 1. The predicted octanol–water partition coefficient (Wildman–Crippen LogP) is 4.22. The van der Waals surface area contributed by atoms with Crippen LogP contribution in [0.1, 0.15) is 32.7 Å². The highest BCUT2D eigenvalue weighted by Gasteiger charge is 2.27. The van der Waals surface area contributed by atoms with E-state index in [4.69, 9.17) is 4.74 Å². The molecule has 0 unspecified atom stereocenters. The molecule has 0 radical (unpaired) electrons. The Morgan fingerprint density at radius 2 is 1.77 bits per heavy atom. The Balaban J connectivity index is 1.75. The lowest BCUT2D eigenvalue weighted by Crippen LogP contribution is -2.36. The molecule has 3 aromatic rings. The molecule has 0 atom stereocenters. The van der Waals surface area contributed by atoms with Gasteiger partial charge in [-0.25, -0.2) is 4.79 Å². The molecule has 0 aromatic heterocycles. The number of fused-ring (bicyclic) bond motifs is 2. The molecule has 1 aliphatic rings. The van der Waals surface area contributed by atoms with Crippen LogP contribution >= 0.6 is 0 Å². The highest BCUT2D eigenvalue weighted by molar-refractivity contribution is 6.09. The molecular weight excluding hydrogens is 326 g/mol. The van der Waals surface area contributed by atoms with Crippen LogP contribution in [-0.4, -0.2) is 25.5 Å². The van der Waals surface area contributed by atoms with Gasteiger partial charge in [-0.1, -0.05) is 36.4 Å². The number of amides is 1. The molecule has 0 N–H and O–H groups in total. The van der Waals surface area contributed by atoms with E-state index >= 15 is 0 Å². The van der Waals surface area contributed by atoms with Gasteiger partial charge in [-0.3, -0.25) is 4.79 Å². The lowest BCUT2D eigenvalue weighted by Gasteiger charge is -2.30. The molecule has 0 aliphatic carbocycles. The second-order valence-corrected chi connectivity index (χ2v) is 6.42. The van der Waals surface area contributed by atoms with Crippen molar-refractivity contribution in [2.45, 2.75) is 12.8 Å². The largest absolute Gasteiger partial charge is 0.465 e. The summed E-state index contributed by atoms with van der Waals surface area (Å²) in [5, 5.41) is 2.15. The van der Waals surface area contributed by atoms with Crippen LogP contribution < -0.4 is 4.90 Å². The monoisotopic (exact) mass is 345 g/mol. The standard InChI is InChI=1S/C22H19NO3/c1-26-22(25)19-8-4-10-20-18(19)9-5-13-23(20)21(24)17-12-11-15-6-2-3-7-16(15)14-17/h2-4,6-8,10-12,14H,5,9,13H2,1H3. The van der Waals surface area contributed by atoms with E-state index < -0.39 is 0 Å². The molecule has 0 saturated carbocycles. The number of esters is 1. The molecule has 4 heteroatoms. The van der Waals surface area contributed by atoms with Crippen LogP contribution in [0.2, 0.25) is 0 Å². The SMILES string of the molecule is COC(=O)c1cccc2c1CCCN2C(=O)c1ccc2ccccc2c1. The average Bonchev–Trinajstić information content (AvgIpc) is 2.71. The van der Waals surface area contributed by atoms with Crippen LogP contribution in [0.5, 0.6) is 0 Å². The first-order valence-corrected chi connectivity index (χ1v) is 8.70. The smallest absolute Gasteiger partial charge is 0.338 e. The molecule has 1 heterocycles. The van der Waals surface area contributed by atoms with Gasteiger partial charge in [0.15, 0.2) is 0 Å². The van der Waals surface area contributed by atoms with E-state index in [-0.39, 0.29) is 11.9 Å². The van der Waals surface area contributed by atoms with Gasteiger partial charge in [0.05, 0.1) is 12.7 Å². The number of benzene rings is 3. The molecule has 0 saturated heterocycles. The van der Waals surface area contributed by atoms with Gasteiger partial charge in [0, 0.05) is 17.8 Å². The zero-order chi connectivity index (χ0) is 18.1. The maximum Gasteiger partial charge on any atom is 0.338 e. The molecule has 26 heavy (non-hydrogen) atoms. The van der Waals surface area contributed by atoms with Gasteiger partial charge in [0.2, 0.25) is 0 Å². The number of anilines is 1. The van der Waals surface area contributed by atoms with Crippen molar-refractivity contribution < 1.29 is 14.3 Å². The van der Waals surface area contributed by atoms with Gasteiger partial charge in [-0.2, -0.15) is 0 Å². The Bertz CT molecular complexity index is 1010. The fraction of sp³-hybridized carbons (Fsp3) is 0.182. The summed E-state index contributed by atoms with van der Waals surface area (Å²) >= 11 is 0. The van der Waals surface area contributed by atoms with E-state index in [1.807, 2.05) is 48.5 Å². The molecule has 4 rings (SSSR count). The minimum atomic E-state index is -0.359.